The Balaban J connectivity index is 1.85. The number of aromatic nitrogens is 1. The minimum Gasteiger partial charge on any atom is -0.481 e. The SMILES string of the molecule is O=C(O)CSc1nc2ccc(NC(=O)c3ccc([N+](=O)[O-])cc3C(=O)O)cc2s1. The number of anilines is 1. The highest BCUT2D eigenvalue weighted by Crippen LogP contribution is 2.31. The van der Waals surface area contributed by atoms with Crippen LogP contribution in [0.5, 0.6) is 0 Å². The van der Waals surface area contributed by atoms with Gasteiger partial charge in [0, 0.05) is 17.8 Å². The fourth-order valence-electron chi connectivity index (χ4n) is 2.39. The molecule has 3 rings (SSSR count). The Hall–Kier alpha value is -3.51. The third-order valence-corrected chi connectivity index (χ3v) is 5.78. The standard InChI is InChI=1S/C17H11N3O7S2/c21-14(22)7-28-17-19-12-4-1-8(5-13(12)29-17)18-15(23)10-3-2-9(20(26)27)6-11(10)16(24)25/h1-6H,7H2,(H,18,23)(H,21,22)(H,24,25). The van der Waals surface area contributed by atoms with Crippen LogP contribution < -0.4 is 5.32 Å². The molecule has 3 aromatic rings. The molecule has 12 heteroatoms. The number of aliphatic carboxylic acids is 1. The third kappa shape index (κ3) is 4.67. The molecule has 0 aliphatic rings. The monoisotopic (exact) mass is 433 g/mol. The molecule has 0 aliphatic carbocycles. The molecule has 1 amide bonds. The number of nitrogens with zero attached hydrogens (tertiary/aromatic N) is 2. The second-order valence-corrected chi connectivity index (χ2v) is 7.84. The maximum atomic E-state index is 12.5. The normalized spacial score (nSPS) is 10.6. The van der Waals surface area contributed by atoms with Crippen LogP contribution in [0.25, 0.3) is 10.2 Å². The highest BCUT2D eigenvalue weighted by Gasteiger charge is 2.21. The van der Waals surface area contributed by atoms with Crippen molar-refractivity contribution in [2.24, 2.45) is 0 Å². The molecule has 1 aromatic heterocycles. The number of hydrogen-bond acceptors (Lipinski definition) is 8. The second kappa shape index (κ2) is 8.24. The van der Waals surface area contributed by atoms with Crippen LogP contribution >= 0.6 is 23.1 Å². The van der Waals surface area contributed by atoms with Gasteiger partial charge in [0.1, 0.15) is 0 Å². The van der Waals surface area contributed by atoms with E-state index in [0.29, 0.717) is 20.2 Å². The van der Waals surface area contributed by atoms with Crippen molar-refractivity contribution in [3.63, 3.8) is 0 Å². The van der Waals surface area contributed by atoms with Crippen LogP contribution in [0.3, 0.4) is 0 Å². The number of carbonyl (C=O) groups is 3. The fourth-order valence-corrected chi connectivity index (χ4v) is 4.21. The molecule has 2 aromatic carbocycles. The van der Waals surface area contributed by atoms with Crippen molar-refractivity contribution >= 4 is 62.5 Å². The van der Waals surface area contributed by atoms with Crippen molar-refractivity contribution in [1.82, 2.24) is 4.98 Å². The van der Waals surface area contributed by atoms with Gasteiger partial charge in [-0.2, -0.15) is 0 Å². The van der Waals surface area contributed by atoms with E-state index >= 15 is 0 Å². The Morgan fingerprint density at radius 2 is 1.90 bits per heavy atom. The molecular weight excluding hydrogens is 422 g/mol. The van der Waals surface area contributed by atoms with E-state index in [1.54, 1.807) is 18.2 Å². The summed E-state index contributed by atoms with van der Waals surface area (Å²) in [7, 11) is 0. The predicted molar refractivity (Wildman–Crippen MR) is 106 cm³/mol. The average Bonchev–Trinajstić information content (AvgIpc) is 3.08. The molecule has 0 saturated carbocycles. The quantitative estimate of drug-likeness (QED) is 0.288. The first kappa shape index (κ1) is 20.2. The number of rotatable bonds is 7. The highest BCUT2D eigenvalue weighted by atomic mass is 32.2. The van der Waals surface area contributed by atoms with Gasteiger partial charge in [0.25, 0.3) is 11.6 Å². The van der Waals surface area contributed by atoms with Gasteiger partial charge in [-0.1, -0.05) is 11.8 Å². The Bertz CT molecular complexity index is 1160. The largest absolute Gasteiger partial charge is 0.481 e. The molecule has 29 heavy (non-hydrogen) atoms. The van der Waals surface area contributed by atoms with E-state index in [1.165, 1.54) is 11.3 Å². The van der Waals surface area contributed by atoms with E-state index in [4.69, 9.17) is 5.11 Å². The Labute approximate surface area is 170 Å². The molecule has 0 unspecified atom stereocenters. The van der Waals surface area contributed by atoms with Crippen LogP contribution in [0.4, 0.5) is 11.4 Å². The number of carboxylic acids is 2. The number of nitro benzene ring substituents is 1. The van der Waals surface area contributed by atoms with Crippen LogP contribution in [-0.4, -0.2) is 43.7 Å². The summed E-state index contributed by atoms with van der Waals surface area (Å²) < 4.78 is 1.27. The number of thioether (sulfide) groups is 1. The number of nitro groups is 1. The van der Waals surface area contributed by atoms with Gasteiger partial charge in [-0.15, -0.1) is 11.3 Å². The molecule has 0 saturated heterocycles. The molecule has 1 heterocycles. The van der Waals surface area contributed by atoms with E-state index in [9.17, 15) is 29.6 Å². The zero-order chi connectivity index (χ0) is 21.1. The Morgan fingerprint density at radius 1 is 1.14 bits per heavy atom. The summed E-state index contributed by atoms with van der Waals surface area (Å²) in [6.45, 7) is 0. The summed E-state index contributed by atoms with van der Waals surface area (Å²) in [5.41, 5.74) is -0.136. The van der Waals surface area contributed by atoms with Gasteiger partial charge >= 0.3 is 11.9 Å². The van der Waals surface area contributed by atoms with Crippen molar-refractivity contribution in [3.05, 3.63) is 57.6 Å². The van der Waals surface area contributed by atoms with Crippen molar-refractivity contribution in [2.45, 2.75) is 4.34 Å². The molecule has 0 bridgehead atoms. The molecule has 0 radical (unpaired) electrons. The Kier molecular flexibility index (Phi) is 5.75. The molecule has 10 nitrogen and oxygen atoms in total. The number of benzene rings is 2. The topological polar surface area (TPSA) is 160 Å². The summed E-state index contributed by atoms with van der Waals surface area (Å²) in [5.74, 6) is -3.28. The third-order valence-electron chi connectivity index (χ3n) is 3.63. The second-order valence-electron chi connectivity index (χ2n) is 5.59. The number of carboxylic acid groups (broad SMARTS) is 2. The molecule has 0 aliphatic heterocycles. The van der Waals surface area contributed by atoms with Gasteiger partial charge in [-0.25, -0.2) is 9.78 Å². The number of aromatic carboxylic acids is 1. The summed E-state index contributed by atoms with van der Waals surface area (Å²) >= 11 is 2.34. The first-order valence-corrected chi connectivity index (χ1v) is 9.63. The van der Waals surface area contributed by atoms with E-state index in [2.05, 4.69) is 10.3 Å². The van der Waals surface area contributed by atoms with Crippen LogP contribution in [0, 0.1) is 10.1 Å². The number of fused-ring (bicyclic) bond motifs is 1. The zero-order valence-electron chi connectivity index (χ0n) is 14.3. The van der Waals surface area contributed by atoms with Crippen LogP contribution in [0.1, 0.15) is 20.7 Å². The van der Waals surface area contributed by atoms with Crippen LogP contribution in [0.15, 0.2) is 40.7 Å². The summed E-state index contributed by atoms with van der Waals surface area (Å²) in [5, 5.41) is 31.4. The lowest BCUT2D eigenvalue weighted by Gasteiger charge is -2.08. The minimum atomic E-state index is -1.46. The molecule has 0 fully saturated rings. The number of non-ortho nitro benzene ring substituents is 1. The lowest BCUT2D eigenvalue weighted by atomic mass is 10.1. The van der Waals surface area contributed by atoms with E-state index in [-0.39, 0.29) is 11.3 Å². The van der Waals surface area contributed by atoms with Gasteiger partial charge < -0.3 is 15.5 Å². The molecule has 0 atom stereocenters. The van der Waals surface area contributed by atoms with Crippen molar-refractivity contribution in [1.29, 1.82) is 0 Å². The van der Waals surface area contributed by atoms with Crippen molar-refractivity contribution in [2.75, 3.05) is 11.1 Å². The highest BCUT2D eigenvalue weighted by molar-refractivity contribution is 8.01. The fraction of sp³-hybridized carbons (Fsp3) is 0.0588. The number of thiazole rings is 1. The number of carbonyl (C=O) groups excluding carboxylic acids is 1. The van der Waals surface area contributed by atoms with Gasteiger partial charge in [-0.3, -0.25) is 19.7 Å². The molecule has 3 N–H and O–H groups in total. The first-order chi connectivity index (χ1) is 13.7. The zero-order valence-corrected chi connectivity index (χ0v) is 16.0. The van der Waals surface area contributed by atoms with E-state index in [1.807, 2.05) is 0 Å². The summed E-state index contributed by atoms with van der Waals surface area (Å²) in [4.78, 5) is 48.9. The molecule has 0 spiro atoms. The van der Waals surface area contributed by atoms with E-state index in [0.717, 1.165) is 30.0 Å². The number of amides is 1. The average molecular weight is 433 g/mol. The predicted octanol–water partition coefficient (Wildman–Crippen LogP) is 3.33. The lowest BCUT2D eigenvalue weighted by Crippen LogP contribution is -2.16. The van der Waals surface area contributed by atoms with E-state index < -0.39 is 34.0 Å². The summed E-state index contributed by atoms with van der Waals surface area (Å²) in [6.07, 6.45) is 0. The van der Waals surface area contributed by atoms with Gasteiger partial charge in [0.2, 0.25) is 0 Å². The van der Waals surface area contributed by atoms with Gasteiger partial charge in [0.15, 0.2) is 4.34 Å². The van der Waals surface area contributed by atoms with Gasteiger partial charge in [0.05, 0.1) is 32.0 Å². The number of nitrogens with one attached hydrogen (secondary N) is 1. The van der Waals surface area contributed by atoms with Crippen molar-refractivity contribution < 1.29 is 29.5 Å². The van der Waals surface area contributed by atoms with Crippen molar-refractivity contribution in [3.8, 4) is 0 Å². The van der Waals surface area contributed by atoms with Crippen LogP contribution in [0.2, 0.25) is 0 Å². The summed E-state index contributed by atoms with van der Waals surface area (Å²) in [6, 6.07) is 7.80. The minimum absolute atomic E-state index is 0.123. The molecule has 148 valence electrons. The Morgan fingerprint density at radius 3 is 2.55 bits per heavy atom. The number of hydrogen-bond donors (Lipinski definition) is 3. The lowest BCUT2D eigenvalue weighted by molar-refractivity contribution is -0.384. The maximum Gasteiger partial charge on any atom is 0.336 e. The maximum absolute atomic E-state index is 12.5. The first-order valence-electron chi connectivity index (χ1n) is 7.83. The van der Waals surface area contributed by atoms with Crippen LogP contribution in [-0.2, 0) is 4.79 Å². The smallest absolute Gasteiger partial charge is 0.336 e. The van der Waals surface area contributed by atoms with Gasteiger partial charge in [-0.05, 0) is 24.3 Å². The molecular formula is C17H11N3O7S2.